The molecular formula is C17H14N2O4. The maximum absolute atomic E-state index is 11.8. The van der Waals surface area contributed by atoms with Gasteiger partial charge in [-0.25, -0.2) is 0 Å². The molecule has 0 heterocycles. The molecule has 6 nitrogen and oxygen atoms in total. The number of rotatable bonds is 2. The Balaban J connectivity index is 1.92. The summed E-state index contributed by atoms with van der Waals surface area (Å²) < 4.78 is 0. The molecule has 0 N–H and O–H groups in total. The van der Waals surface area contributed by atoms with Gasteiger partial charge in [0.1, 0.15) is 0 Å². The van der Waals surface area contributed by atoms with E-state index in [2.05, 4.69) is 0 Å². The van der Waals surface area contributed by atoms with Crippen molar-refractivity contribution in [2.75, 3.05) is 0 Å². The fraction of sp³-hybridized carbons (Fsp3) is 0.294. The van der Waals surface area contributed by atoms with Crippen molar-refractivity contribution in [2.45, 2.75) is 31.2 Å². The first-order chi connectivity index (χ1) is 11.0. The highest BCUT2D eigenvalue weighted by molar-refractivity contribution is 5.50. The van der Waals surface area contributed by atoms with Crippen LogP contribution in [0.1, 0.15) is 27.8 Å². The molecule has 1 unspecified atom stereocenters. The summed E-state index contributed by atoms with van der Waals surface area (Å²) in [5.74, 6) is 0. The number of hydrogen-bond acceptors (Lipinski definition) is 4. The average molecular weight is 310 g/mol. The highest BCUT2D eigenvalue weighted by Crippen LogP contribution is 2.45. The van der Waals surface area contributed by atoms with Crippen LogP contribution in [0.3, 0.4) is 0 Å². The van der Waals surface area contributed by atoms with E-state index in [-0.39, 0.29) is 17.0 Å². The van der Waals surface area contributed by atoms with Crippen molar-refractivity contribution in [1.29, 1.82) is 0 Å². The van der Waals surface area contributed by atoms with E-state index in [1.165, 1.54) is 6.07 Å². The first-order valence-electron chi connectivity index (χ1n) is 7.52. The van der Waals surface area contributed by atoms with Gasteiger partial charge in [0.25, 0.3) is 11.2 Å². The van der Waals surface area contributed by atoms with Gasteiger partial charge in [-0.05, 0) is 35.6 Å². The quantitative estimate of drug-likeness (QED) is 0.630. The molecule has 0 radical (unpaired) electrons. The molecule has 3 aliphatic rings. The summed E-state index contributed by atoms with van der Waals surface area (Å²) in [6, 6.07) is 10.9. The fourth-order valence-electron chi connectivity index (χ4n) is 3.77. The highest BCUT2D eigenvalue weighted by atomic mass is 16.6. The summed E-state index contributed by atoms with van der Waals surface area (Å²) in [4.78, 5) is 22.5. The molecule has 23 heavy (non-hydrogen) atoms. The molecule has 1 atom stereocenters. The Bertz CT molecular complexity index is 862. The van der Waals surface area contributed by atoms with Crippen LogP contribution in [0.25, 0.3) is 0 Å². The zero-order valence-electron chi connectivity index (χ0n) is 12.3. The number of fused-ring (bicyclic) bond motifs is 3. The van der Waals surface area contributed by atoms with Crippen LogP contribution in [-0.4, -0.2) is 9.85 Å². The second-order valence-corrected chi connectivity index (χ2v) is 6.35. The number of nitrogens with zero attached hydrogens (tertiary/aromatic N) is 2. The van der Waals surface area contributed by atoms with Crippen molar-refractivity contribution >= 4 is 5.69 Å². The monoisotopic (exact) mass is 310 g/mol. The summed E-state index contributed by atoms with van der Waals surface area (Å²) >= 11 is 0. The molecule has 0 saturated carbocycles. The molecule has 5 rings (SSSR count). The third kappa shape index (κ3) is 1.94. The Labute approximate surface area is 132 Å². The largest absolute Gasteiger partial charge is 0.272 e. The minimum Gasteiger partial charge on any atom is -0.264 e. The lowest BCUT2D eigenvalue weighted by molar-refractivity contribution is -0.585. The zero-order valence-corrected chi connectivity index (χ0v) is 12.3. The zero-order chi connectivity index (χ0) is 16.2. The lowest BCUT2D eigenvalue weighted by Gasteiger charge is -2.36. The lowest BCUT2D eigenvalue weighted by Crippen LogP contribution is -2.47. The number of hydrogen-bond donors (Lipinski definition) is 0. The second kappa shape index (κ2) is 4.62. The van der Waals surface area contributed by atoms with E-state index < -0.39 is 10.5 Å². The van der Waals surface area contributed by atoms with Gasteiger partial charge >= 0.3 is 0 Å². The maximum atomic E-state index is 11.8. The van der Waals surface area contributed by atoms with E-state index in [0.29, 0.717) is 30.4 Å². The molecule has 0 aliphatic heterocycles. The van der Waals surface area contributed by atoms with Crippen molar-refractivity contribution in [3.8, 4) is 0 Å². The van der Waals surface area contributed by atoms with E-state index in [1.54, 1.807) is 12.1 Å². The maximum Gasteiger partial charge on any atom is 0.272 e. The van der Waals surface area contributed by atoms with E-state index >= 15 is 0 Å². The molecule has 0 spiro atoms. The minimum atomic E-state index is -1.15. The predicted octanol–water partition coefficient (Wildman–Crippen LogP) is 2.96. The van der Waals surface area contributed by atoms with Crippen LogP contribution in [0, 0.1) is 20.2 Å². The van der Waals surface area contributed by atoms with Crippen LogP contribution in [0.15, 0.2) is 36.4 Å². The van der Waals surface area contributed by atoms with Crippen LogP contribution in [-0.2, 0) is 31.2 Å². The van der Waals surface area contributed by atoms with E-state index in [1.807, 2.05) is 18.2 Å². The molecule has 0 saturated heterocycles. The summed E-state index contributed by atoms with van der Waals surface area (Å²) in [6.45, 7) is 0. The number of nitro groups is 2. The summed E-state index contributed by atoms with van der Waals surface area (Å²) in [7, 11) is 0. The molecule has 0 aromatic heterocycles. The van der Waals surface area contributed by atoms with Crippen LogP contribution < -0.4 is 0 Å². The lowest BCUT2D eigenvalue weighted by atomic mass is 9.67. The SMILES string of the molecule is O=[N+]([O-])c1cc2ccc1CCc1ccc3c(c1)C([N+](=O)[O-])(C2)C3. The molecule has 2 aromatic rings. The Morgan fingerprint density at radius 1 is 0.870 bits per heavy atom. The van der Waals surface area contributed by atoms with Crippen molar-refractivity contribution < 1.29 is 9.85 Å². The van der Waals surface area contributed by atoms with Gasteiger partial charge in [-0.1, -0.05) is 24.3 Å². The topological polar surface area (TPSA) is 86.3 Å². The van der Waals surface area contributed by atoms with Gasteiger partial charge in [-0.2, -0.15) is 0 Å². The van der Waals surface area contributed by atoms with Crippen molar-refractivity contribution in [1.82, 2.24) is 0 Å². The summed E-state index contributed by atoms with van der Waals surface area (Å²) in [6.07, 6.45) is 1.77. The molecule has 116 valence electrons. The Morgan fingerprint density at radius 3 is 2.35 bits per heavy atom. The van der Waals surface area contributed by atoms with Crippen molar-refractivity contribution in [3.63, 3.8) is 0 Å². The van der Waals surface area contributed by atoms with Gasteiger partial charge in [-0.3, -0.25) is 20.2 Å². The number of nitro benzene ring substituents is 1. The van der Waals surface area contributed by atoms with Gasteiger partial charge in [0.15, 0.2) is 0 Å². The third-order valence-corrected chi connectivity index (χ3v) is 5.03. The van der Waals surface area contributed by atoms with Gasteiger partial charge < -0.3 is 0 Å². The first kappa shape index (κ1) is 13.9. The van der Waals surface area contributed by atoms with Gasteiger partial charge in [-0.15, -0.1) is 0 Å². The average Bonchev–Trinajstić information content (AvgIpc) is 2.52. The number of benzene rings is 2. The van der Waals surface area contributed by atoms with Crippen LogP contribution in [0.5, 0.6) is 0 Å². The Morgan fingerprint density at radius 2 is 1.61 bits per heavy atom. The second-order valence-electron chi connectivity index (χ2n) is 6.35. The predicted molar refractivity (Wildman–Crippen MR) is 83.0 cm³/mol. The Hall–Kier alpha value is -2.76. The molecule has 0 amide bonds. The number of aryl methyl sites for hydroxylation is 2. The summed E-state index contributed by atoms with van der Waals surface area (Å²) in [5.41, 5.74) is 3.02. The van der Waals surface area contributed by atoms with E-state index in [0.717, 1.165) is 16.7 Å². The minimum absolute atomic E-state index is 0.0653. The molecule has 2 aromatic carbocycles. The Kier molecular flexibility index (Phi) is 2.78. The molecule has 3 aliphatic carbocycles. The van der Waals surface area contributed by atoms with Crippen LogP contribution in [0.4, 0.5) is 5.69 Å². The summed E-state index contributed by atoms with van der Waals surface area (Å²) in [5, 5.41) is 23.1. The highest BCUT2D eigenvalue weighted by Gasteiger charge is 2.54. The molecule has 4 bridgehead atoms. The van der Waals surface area contributed by atoms with Crippen molar-refractivity contribution in [3.05, 3.63) is 84.4 Å². The smallest absolute Gasteiger partial charge is 0.264 e. The van der Waals surface area contributed by atoms with E-state index in [4.69, 9.17) is 0 Å². The fourth-order valence-corrected chi connectivity index (χ4v) is 3.77. The molecule has 0 fully saturated rings. The molecular weight excluding hydrogens is 296 g/mol. The molecule has 6 heteroatoms. The van der Waals surface area contributed by atoms with Gasteiger partial charge in [0, 0.05) is 35.0 Å². The van der Waals surface area contributed by atoms with Gasteiger partial charge in [0.2, 0.25) is 0 Å². The van der Waals surface area contributed by atoms with Crippen LogP contribution >= 0.6 is 0 Å². The van der Waals surface area contributed by atoms with Crippen molar-refractivity contribution in [2.24, 2.45) is 0 Å². The normalized spacial score (nSPS) is 21.2. The first-order valence-corrected chi connectivity index (χ1v) is 7.52. The standard InChI is InChI=1S/C17H14N2O4/c20-18(21)16-8-12-3-5-13(16)4-1-11-2-6-14-10-17(9-12,19(22)23)15(14)7-11/h2-3,5-8H,1,4,9-10H2. The third-order valence-electron chi connectivity index (χ3n) is 5.03. The van der Waals surface area contributed by atoms with E-state index in [9.17, 15) is 20.2 Å². The van der Waals surface area contributed by atoms with Gasteiger partial charge in [0.05, 0.1) is 4.92 Å². The van der Waals surface area contributed by atoms with Crippen LogP contribution in [0.2, 0.25) is 0 Å².